The highest BCUT2D eigenvalue weighted by atomic mass is 79.9. The van der Waals surface area contributed by atoms with E-state index >= 15 is 0 Å². The minimum Gasteiger partial charge on any atom is -1.00 e. The Balaban J connectivity index is 0.00000497. The lowest BCUT2D eigenvalue weighted by Crippen LogP contribution is -3.00. The number of rotatable bonds is 12. The van der Waals surface area contributed by atoms with Crippen molar-refractivity contribution in [2.45, 2.75) is 12.8 Å². The summed E-state index contributed by atoms with van der Waals surface area (Å²) >= 11 is 0. The minimum absolute atomic E-state index is 0. The van der Waals surface area contributed by atoms with Crippen molar-refractivity contribution in [2.75, 3.05) is 79.7 Å². The standard InChI is InChI=1S/C43H46N3O7.BrH/c1-46(44-14-19-53-35-12-8-29(9-13-35)21-33-23-31-25-39(50-3)41(52-5)27-37(31)43(33)48)17-15-45(16-18-46)34-10-6-28(7-11-34)20-32-22-30-24-38(49-2)40(51-4)26-36(30)42(32)47;/h6-13,20-21,24-27,44H,14-19,22-23H2,1-5H3;1H/q+1;/p-1/b32-20+,33-21+;. The molecule has 3 aliphatic rings. The molecule has 282 valence electrons. The summed E-state index contributed by atoms with van der Waals surface area (Å²) in [6.45, 7) is 5.02. The number of nitrogens with one attached hydrogen (secondary N) is 1. The molecule has 1 aliphatic heterocycles. The number of allylic oxidation sites excluding steroid dienone is 2. The van der Waals surface area contributed by atoms with E-state index in [4.69, 9.17) is 23.7 Å². The predicted octanol–water partition coefficient (Wildman–Crippen LogP) is 3.22. The second kappa shape index (κ2) is 16.5. The van der Waals surface area contributed by atoms with Gasteiger partial charge in [-0.05, 0) is 82.9 Å². The summed E-state index contributed by atoms with van der Waals surface area (Å²) in [5.74, 6) is 3.23. The summed E-state index contributed by atoms with van der Waals surface area (Å²) in [7, 11) is 8.58. The van der Waals surface area contributed by atoms with Crippen LogP contribution in [-0.4, -0.2) is 91.0 Å². The van der Waals surface area contributed by atoms with Gasteiger partial charge in [-0.15, -0.1) is 0 Å². The van der Waals surface area contributed by atoms with Crippen molar-refractivity contribution in [1.29, 1.82) is 0 Å². The maximum atomic E-state index is 13.1. The van der Waals surface area contributed by atoms with E-state index in [0.717, 1.165) is 69.9 Å². The number of fused-ring (bicyclic) bond motifs is 2. The number of anilines is 1. The molecular formula is C43H46BrN3O7. The molecule has 1 heterocycles. The number of piperazine rings is 1. The Morgan fingerprint density at radius 3 is 1.57 bits per heavy atom. The van der Waals surface area contributed by atoms with Crippen LogP contribution in [0.3, 0.4) is 0 Å². The molecule has 1 N–H and O–H groups in total. The van der Waals surface area contributed by atoms with Gasteiger partial charge in [-0.1, -0.05) is 24.3 Å². The number of hydrogen-bond acceptors (Lipinski definition) is 9. The van der Waals surface area contributed by atoms with E-state index in [1.165, 1.54) is 5.69 Å². The highest BCUT2D eigenvalue weighted by Gasteiger charge is 2.30. The van der Waals surface area contributed by atoms with Gasteiger partial charge in [0.2, 0.25) is 0 Å². The molecule has 0 radical (unpaired) electrons. The highest BCUT2D eigenvalue weighted by Crippen LogP contribution is 2.38. The monoisotopic (exact) mass is 795 g/mol. The van der Waals surface area contributed by atoms with Gasteiger partial charge in [0.05, 0.1) is 55.1 Å². The lowest BCUT2D eigenvalue weighted by molar-refractivity contribution is -0.952. The predicted molar refractivity (Wildman–Crippen MR) is 206 cm³/mol. The Hall–Kier alpha value is -5.10. The number of hydrogen-bond donors (Lipinski definition) is 1. The quantitative estimate of drug-likeness (QED) is 0.132. The third-order valence-corrected chi connectivity index (χ3v) is 10.5. The first kappa shape index (κ1) is 38.6. The molecule has 0 spiro atoms. The van der Waals surface area contributed by atoms with Crippen molar-refractivity contribution >= 4 is 29.4 Å². The number of Topliss-reactive ketones (excluding diaryl/α,β-unsaturated/α-hetero) is 2. The topological polar surface area (TPSA) is 95.6 Å². The van der Waals surface area contributed by atoms with Crippen LogP contribution >= 0.6 is 0 Å². The summed E-state index contributed by atoms with van der Waals surface area (Å²) in [5.41, 5.74) is 11.6. The molecule has 0 atom stereocenters. The van der Waals surface area contributed by atoms with Gasteiger partial charge in [-0.3, -0.25) is 9.59 Å². The van der Waals surface area contributed by atoms with Gasteiger partial charge in [0.1, 0.15) is 25.4 Å². The number of ketones is 2. The number of benzene rings is 4. The molecule has 1 saturated heterocycles. The van der Waals surface area contributed by atoms with Gasteiger partial charge >= 0.3 is 0 Å². The molecule has 0 unspecified atom stereocenters. The van der Waals surface area contributed by atoms with Gasteiger partial charge in [-0.25, -0.2) is 4.59 Å². The fourth-order valence-corrected chi connectivity index (χ4v) is 7.36. The largest absolute Gasteiger partial charge is 1.00 e. The van der Waals surface area contributed by atoms with Crippen molar-refractivity contribution in [3.05, 3.63) is 117 Å². The molecular weight excluding hydrogens is 750 g/mol. The molecule has 4 aromatic carbocycles. The van der Waals surface area contributed by atoms with E-state index in [2.05, 4.69) is 41.6 Å². The second-order valence-electron chi connectivity index (χ2n) is 13.8. The molecule has 10 nitrogen and oxygen atoms in total. The Labute approximate surface area is 327 Å². The summed E-state index contributed by atoms with van der Waals surface area (Å²) in [6.07, 6.45) is 5.07. The zero-order valence-corrected chi connectivity index (χ0v) is 33.0. The van der Waals surface area contributed by atoms with Crippen molar-refractivity contribution in [3.63, 3.8) is 0 Å². The second-order valence-corrected chi connectivity index (χ2v) is 13.8. The smallest absolute Gasteiger partial charge is 0.189 e. The first-order chi connectivity index (χ1) is 25.7. The molecule has 0 aromatic heterocycles. The normalized spacial score (nSPS) is 17.2. The molecule has 0 saturated carbocycles. The summed E-state index contributed by atoms with van der Waals surface area (Å²) in [4.78, 5) is 28.6. The summed E-state index contributed by atoms with van der Waals surface area (Å²) in [6, 6.07) is 23.6. The van der Waals surface area contributed by atoms with Crippen LogP contribution in [-0.2, 0) is 12.8 Å². The number of nitrogens with zero attached hydrogens (tertiary/aromatic N) is 2. The van der Waals surface area contributed by atoms with Crippen molar-refractivity contribution in [1.82, 2.24) is 5.43 Å². The van der Waals surface area contributed by atoms with E-state index in [1.54, 1.807) is 40.6 Å². The number of methoxy groups -OCH3 is 4. The van der Waals surface area contributed by atoms with Gasteiger partial charge in [0.15, 0.2) is 34.6 Å². The van der Waals surface area contributed by atoms with Crippen molar-refractivity contribution in [2.24, 2.45) is 0 Å². The Morgan fingerprint density at radius 2 is 1.11 bits per heavy atom. The van der Waals surface area contributed by atoms with Crippen LogP contribution in [0.4, 0.5) is 5.69 Å². The van der Waals surface area contributed by atoms with E-state index in [9.17, 15) is 9.59 Å². The fourth-order valence-electron chi connectivity index (χ4n) is 7.36. The number of halogens is 1. The molecule has 1 fully saturated rings. The number of carbonyl (C=O) groups excluding carboxylic acids is 2. The molecule has 0 amide bonds. The first-order valence-electron chi connectivity index (χ1n) is 17.9. The zero-order chi connectivity index (χ0) is 37.1. The van der Waals surface area contributed by atoms with Gasteiger partial charge < -0.3 is 45.6 Å². The number of carbonyl (C=O) groups is 2. The van der Waals surface area contributed by atoms with Gasteiger partial charge in [0.25, 0.3) is 0 Å². The van der Waals surface area contributed by atoms with Crippen LogP contribution in [0.2, 0.25) is 0 Å². The fraction of sp³-hybridized carbons (Fsp3) is 0.302. The Kier molecular flexibility index (Phi) is 11.8. The number of quaternary nitrogens is 1. The van der Waals surface area contributed by atoms with Crippen LogP contribution in [0.25, 0.3) is 12.2 Å². The third kappa shape index (κ3) is 8.03. The lowest BCUT2D eigenvalue weighted by Gasteiger charge is -2.42. The van der Waals surface area contributed by atoms with Crippen LogP contribution < -0.4 is 51.0 Å². The van der Waals surface area contributed by atoms with Crippen LogP contribution in [0.15, 0.2) is 83.9 Å². The van der Waals surface area contributed by atoms with Gasteiger partial charge in [0, 0.05) is 40.8 Å². The van der Waals surface area contributed by atoms with Crippen molar-refractivity contribution in [3.8, 4) is 28.7 Å². The molecule has 54 heavy (non-hydrogen) atoms. The summed E-state index contributed by atoms with van der Waals surface area (Å²) in [5, 5.41) is 0. The van der Waals surface area contributed by atoms with E-state index < -0.39 is 0 Å². The third-order valence-electron chi connectivity index (χ3n) is 10.5. The summed E-state index contributed by atoms with van der Waals surface area (Å²) < 4.78 is 28.4. The van der Waals surface area contributed by atoms with E-state index in [1.807, 2.05) is 48.6 Å². The maximum absolute atomic E-state index is 13.1. The molecule has 0 bridgehead atoms. The highest BCUT2D eigenvalue weighted by molar-refractivity contribution is 6.16. The van der Waals surface area contributed by atoms with Crippen LogP contribution in [0.1, 0.15) is 43.0 Å². The van der Waals surface area contributed by atoms with Crippen LogP contribution in [0.5, 0.6) is 28.7 Å². The molecule has 11 heteroatoms. The number of likely N-dealkylation sites (N-methyl/N-ethyl adjacent to an activating group) is 1. The average Bonchev–Trinajstić information content (AvgIpc) is 3.66. The average molecular weight is 797 g/mol. The Morgan fingerprint density at radius 1 is 0.667 bits per heavy atom. The lowest BCUT2D eigenvalue weighted by atomic mass is 10.1. The zero-order valence-electron chi connectivity index (χ0n) is 31.4. The van der Waals surface area contributed by atoms with E-state index in [0.29, 0.717) is 60.1 Å². The number of ether oxygens (including phenoxy) is 5. The SMILES string of the molecule is COc1cc2c(cc1OC)C(=O)/C(=C/c1ccc(OCCN[N+]3(C)CCN(c4ccc(/C=C5\Cc6cc(OC)c(OC)cc6C5=O)cc4)CC3)cc1)C2.[Br-]. The van der Waals surface area contributed by atoms with Crippen molar-refractivity contribution < 1.29 is 54.8 Å². The van der Waals surface area contributed by atoms with E-state index in [-0.39, 0.29) is 28.5 Å². The molecule has 4 aromatic rings. The first-order valence-corrected chi connectivity index (χ1v) is 17.9. The van der Waals surface area contributed by atoms with Gasteiger partial charge in [-0.2, -0.15) is 5.43 Å². The molecule has 7 rings (SSSR count). The molecule has 2 aliphatic carbocycles. The minimum atomic E-state index is 0. The maximum Gasteiger partial charge on any atom is 0.189 e. The Bertz CT molecular complexity index is 2090. The van der Waals surface area contributed by atoms with Crippen LogP contribution in [0, 0.1) is 0 Å².